The third-order valence-corrected chi connectivity index (χ3v) is 4.09. The highest BCUT2D eigenvalue weighted by Crippen LogP contribution is 2.16. The van der Waals surface area contributed by atoms with Crippen LogP contribution in [0.4, 0.5) is 0 Å². The molecule has 2 rings (SSSR count). The highest BCUT2D eigenvalue weighted by molar-refractivity contribution is 7.80. The molecule has 0 spiro atoms. The zero-order valence-corrected chi connectivity index (χ0v) is 12.3. The molecule has 0 bridgehead atoms. The number of hydrogen-bond acceptors (Lipinski definition) is 3. The number of benzene rings is 1. The van der Waals surface area contributed by atoms with Gasteiger partial charge in [-0.05, 0) is 56.6 Å². The molecule has 0 aliphatic carbocycles. The molecule has 0 aromatic heterocycles. The number of nitrogens with one attached hydrogen (secondary N) is 1. The minimum Gasteiger partial charge on any atom is -0.352 e. The van der Waals surface area contributed by atoms with Gasteiger partial charge in [-0.3, -0.25) is 4.79 Å². The van der Waals surface area contributed by atoms with E-state index >= 15 is 0 Å². The van der Waals surface area contributed by atoms with Gasteiger partial charge in [0.2, 0.25) is 0 Å². The van der Waals surface area contributed by atoms with Crippen LogP contribution >= 0.6 is 12.6 Å². The van der Waals surface area contributed by atoms with Crippen LogP contribution in [0, 0.1) is 5.92 Å². The van der Waals surface area contributed by atoms with Gasteiger partial charge in [-0.15, -0.1) is 12.6 Å². The Labute approximate surface area is 120 Å². The van der Waals surface area contributed by atoms with Gasteiger partial charge < -0.3 is 10.2 Å². The number of likely N-dealkylation sites (tertiary alicyclic amines) is 1. The molecule has 1 N–H and O–H groups in total. The number of rotatable bonds is 4. The molecule has 1 aromatic rings. The first kappa shape index (κ1) is 14.4. The topological polar surface area (TPSA) is 32.3 Å². The van der Waals surface area contributed by atoms with E-state index in [1.54, 1.807) is 6.07 Å². The first-order valence-corrected chi connectivity index (χ1v) is 7.43. The lowest BCUT2D eigenvalue weighted by Crippen LogP contribution is -2.38. The molecule has 1 amide bonds. The van der Waals surface area contributed by atoms with Crippen LogP contribution < -0.4 is 5.32 Å². The number of nitrogens with zero attached hydrogens (tertiary/aromatic N) is 1. The van der Waals surface area contributed by atoms with Crippen molar-refractivity contribution in [2.45, 2.75) is 24.7 Å². The van der Waals surface area contributed by atoms with Gasteiger partial charge >= 0.3 is 0 Å². The minimum absolute atomic E-state index is 0.00817. The van der Waals surface area contributed by atoms with Crippen molar-refractivity contribution in [2.75, 3.05) is 26.2 Å². The maximum absolute atomic E-state index is 12.0. The number of hydrogen-bond donors (Lipinski definition) is 2. The van der Waals surface area contributed by atoms with Gasteiger partial charge in [-0.25, -0.2) is 0 Å². The lowest BCUT2D eigenvalue weighted by atomic mass is 9.97. The minimum atomic E-state index is 0.00817. The predicted molar refractivity (Wildman–Crippen MR) is 80.9 cm³/mol. The van der Waals surface area contributed by atoms with Crippen molar-refractivity contribution < 1.29 is 4.79 Å². The third kappa shape index (κ3) is 4.25. The van der Waals surface area contributed by atoms with Crippen LogP contribution in [-0.4, -0.2) is 37.0 Å². The Morgan fingerprint density at radius 1 is 1.42 bits per heavy atom. The van der Waals surface area contributed by atoms with Crippen molar-refractivity contribution in [3.8, 4) is 0 Å². The fourth-order valence-corrected chi connectivity index (χ4v) is 2.72. The Bertz CT molecular complexity index is 428. The average Bonchev–Trinajstić information content (AvgIpc) is 2.45. The van der Waals surface area contributed by atoms with Crippen LogP contribution in [0.15, 0.2) is 29.2 Å². The van der Waals surface area contributed by atoms with Crippen LogP contribution in [0.1, 0.15) is 30.1 Å². The van der Waals surface area contributed by atoms with Crippen molar-refractivity contribution >= 4 is 18.5 Å². The van der Waals surface area contributed by atoms with E-state index in [1.807, 2.05) is 18.2 Å². The Hall–Kier alpha value is -1.00. The largest absolute Gasteiger partial charge is 0.352 e. The van der Waals surface area contributed by atoms with Crippen LogP contribution in [0.3, 0.4) is 0 Å². The second kappa shape index (κ2) is 6.96. The summed E-state index contributed by atoms with van der Waals surface area (Å²) in [6.45, 7) is 6.43. The zero-order chi connectivity index (χ0) is 13.7. The molecule has 19 heavy (non-hydrogen) atoms. The summed E-state index contributed by atoms with van der Waals surface area (Å²) in [4.78, 5) is 15.3. The molecule has 1 heterocycles. The monoisotopic (exact) mass is 278 g/mol. The molecule has 1 aromatic carbocycles. The molecule has 104 valence electrons. The van der Waals surface area contributed by atoms with E-state index in [4.69, 9.17) is 0 Å². The summed E-state index contributed by atoms with van der Waals surface area (Å²) in [5.74, 6) is 0.625. The predicted octanol–water partition coefficient (Wildman–Crippen LogP) is 2.44. The smallest absolute Gasteiger partial charge is 0.251 e. The van der Waals surface area contributed by atoms with E-state index in [0.717, 1.165) is 31.1 Å². The molecule has 1 saturated heterocycles. The van der Waals surface area contributed by atoms with Gasteiger partial charge in [0, 0.05) is 17.0 Å². The Balaban J connectivity index is 1.78. The summed E-state index contributed by atoms with van der Waals surface area (Å²) < 4.78 is 0. The molecule has 0 saturated carbocycles. The maximum atomic E-state index is 12.0. The summed E-state index contributed by atoms with van der Waals surface area (Å²) in [7, 11) is 0. The van der Waals surface area contributed by atoms with Crippen molar-refractivity contribution in [1.29, 1.82) is 0 Å². The molecule has 0 atom stereocenters. The van der Waals surface area contributed by atoms with Crippen LogP contribution in [0.5, 0.6) is 0 Å². The number of piperidine rings is 1. The number of carbonyl (C=O) groups is 1. The zero-order valence-electron chi connectivity index (χ0n) is 11.4. The van der Waals surface area contributed by atoms with E-state index in [9.17, 15) is 4.79 Å². The average molecular weight is 278 g/mol. The van der Waals surface area contributed by atoms with E-state index in [2.05, 4.69) is 29.8 Å². The number of carbonyl (C=O) groups excluding carboxylic acids is 1. The van der Waals surface area contributed by atoms with Gasteiger partial charge in [0.25, 0.3) is 5.91 Å². The van der Waals surface area contributed by atoms with Crippen LogP contribution in [0.2, 0.25) is 0 Å². The molecule has 1 aliphatic heterocycles. The van der Waals surface area contributed by atoms with E-state index in [1.165, 1.54) is 12.8 Å². The Kier molecular flexibility index (Phi) is 5.28. The summed E-state index contributed by atoms with van der Waals surface area (Å²) in [5.41, 5.74) is 0.693. The number of amides is 1. The molecule has 1 fully saturated rings. The first-order chi connectivity index (χ1) is 9.19. The Morgan fingerprint density at radius 2 is 2.16 bits per heavy atom. The second-order valence-corrected chi connectivity index (χ2v) is 5.65. The van der Waals surface area contributed by atoms with Gasteiger partial charge in [-0.2, -0.15) is 0 Å². The highest BCUT2D eigenvalue weighted by atomic mass is 32.1. The third-order valence-electron chi connectivity index (χ3n) is 3.81. The normalized spacial score (nSPS) is 17.4. The van der Waals surface area contributed by atoms with Gasteiger partial charge in [0.1, 0.15) is 0 Å². The summed E-state index contributed by atoms with van der Waals surface area (Å²) in [6, 6.07) is 7.37. The first-order valence-electron chi connectivity index (χ1n) is 6.98. The van der Waals surface area contributed by atoms with Gasteiger partial charge in [0.05, 0.1) is 0 Å². The quantitative estimate of drug-likeness (QED) is 0.829. The summed E-state index contributed by atoms with van der Waals surface area (Å²) in [6.07, 6.45) is 2.36. The summed E-state index contributed by atoms with van der Waals surface area (Å²) in [5, 5.41) is 3.04. The Morgan fingerprint density at radius 3 is 2.79 bits per heavy atom. The SMILES string of the molecule is CCN1CCC(CNC(=O)c2cccc(S)c2)CC1. The lowest BCUT2D eigenvalue weighted by Gasteiger charge is -2.31. The molecule has 4 heteroatoms. The van der Waals surface area contributed by atoms with Crippen molar-refractivity contribution in [3.63, 3.8) is 0 Å². The molecular formula is C15H22N2OS. The molecule has 3 nitrogen and oxygen atoms in total. The van der Waals surface area contributed by atoms with Gasteiger partial charge in [-0.1, -0.05) is 13.0 Å². The lowest BCUT2D eigenvalue weighted by molar-refractivity contribution is 0.0936. The van der Waals surface area contributed by atoms with Crippen molar-refractivity contribution in [3.05, 3.63) is 29.8 Å². The molecule has 1 aliphatic rings. The van der Waals surface area contributed by atoms with E-state index in [0.29, 0.717) is 11.5 Å². The van der Waals surface area contributed by atoms with E-state index < -0.39 is 0 Å². The van der Waals surface area contributed by atoms with E-state index in [-0.39, 0.29) is 5.91 Å². The summed E-state index contributed by atoms with van der Waals surface area (Å²) >= 11 is 4.25. The molecule has 0 radical (unpaired) electrons. The fraction of sp³-hybridized carbons (Fsp3) is 0.533. The molecular weight excluding hydrogens is 256 g/mol. The van der Waals surface area contributed by atoms with Crippen LogP contribution in [0.25, 0.3) is 0 Å². The second-order valence-electron chi connectivity index (χ2n) is 5.14. The maximum Gasteiger partial charge on any atom is 0.251 e. The van der Waals surface area contributed by atoms with Crippen molar-refractivity contribution in [2.24, 2.45) is 5.92 Å². The number of thiol groups is 1. The highest BCUT2D eigenvalue weighted by Gasteiger charge is 2.18. The van der Waals surface area contributed by atoms with Crippen LogP contribution in [-0.2, 0) is 0 Å². The van der Waals surface area contributed by atoms with Gasteiger partial charge in [0.15, 0.2) is 0 Å². The standard InChI is InChI=1S/C15H22N2OS/c1-2-17-8-6-12(7-9-17)11-16-15(18)13-4-3-5-14(19)10-13/h3-5,10,12,19H,2,6-9,11H2,1H3,(H,16,18). The van der Waals surface area contributed by atoms with Crippen molar-refractivity contribution in [1.82, 2.24) is 10.2 Å². The fourth-order valence-electron chi connectivity index (χ4n) is 2.49. The molecule has 0 unspecified atom stereocenters.